The highest BCUT2D eigenvalue weighted by Gasteiger charge is 2.30. The van der Waals surface area contributed by atoms with Crippen molar-refractivity contribution in [1.82, 2.24) is 0 Å². The summed E-state index contributed by atoms with van der Waals surface area (Å²) in [4.78, 5) is 0.799. The van der Waals surface area contributed by atoms with E-state index in [0.717, 1.165) is 99.3 Å². The van der Waals surface area contributed by atoms with E-state index in [1.165, 1.54) is 0 Å². The Morgan fingerprint density at radius 2 is 0.730 bits per heavy atom. The summed E-state index contributed by atoms with van der Waals surface area (Å²) in [5.74, 6) is 0.294. The van der Waals surface area contributed by atoms with Crippen LogP contribution in [0.15, 0.2) is 34.1 Å². The van der Waals surface area contributed by atoms with Crippen LogP contribution in [0.2, 0.25) is 0 Å². The predicted octanol–water partition coefficient (Wildman–Crippen LogP) is 8.86. The second-order valence-corrected chi connectivity index (χ2v) is 12.3. The van der Waals surface area contributed by atoms with Crippen molar-refractivity contribution in [1.29, 1.82) is 0 Å². The molecule has 5 heteroatoms. The number of phenolic OH excluding ortho intramolecular Hbond substituents is 2. The lowest BCUT2D eigenvalue weighted by atomic mass is 10.00. The van der Waals surface area contributed by atoms with Gasteiger partial charge in [-0.1, -0.05) is 79.1 Å². The summed E-state index contributed by atoms with van der Waals surface area (Å²) >= 11 is 0. The summed E-state index contributed by atoms with van der Waals surface area (Å²) < 4.78 is 29.4. The molecule has 0 aliphatic carbocycles. The number of aryl methyl sites for hydroxylation is 4. The van der Waals surface area contributed by atoms with E-state index in [0.29, 0.717) is 35.5 Å². The molecule has 4 nitrogen and oxygen atoms in total. The van der Waals surface area contributed by atoms with E-state index in [4.69, 9.17) is 0 Å². The van der Waals surface area contributed by atoms with Crippen LogP contribution in [-0.2, 0) is 35.5 Å². The van der Waals surface area contributed by atoms with Crippen molar-refractivity contribution in [2.45, 2.75) is 140 Å². The molecule has 37 heavy (non-hydrogen) atoms. The van der Waals surface area contributed by atoms with Crippen LogP contribution in [0.3, 0.4) is 0 Å². The highest BCUT2D eigenvalue weighted by Crippen LogP contribution is 2.38. The van der Waals surface area contributed by atoms with Gasteiger partial charge in [-0.2, -0.15) is 0 Å². The van der Waals surface area contributed by atoms with Crippen LogP contribution in [0.5, 0.6) is 11.5 Å². The average Bonchev–Trinajstić information content (AvgIpc) is 2.84. The second kappa shape index (κ2) is 16.1. The SMILES string of the molecule is CCCCCc1cc(O)cc(CCCCC)c1S(=O)(=O)c1c(CCCCC)cc(O)cc1CCCCC. The first-order valence-electron chi connectivity index (χ1n) is 14.7. The summed E-state index contributed by atoms with van der Waals surface area (Å²) in [6.45, 7) is 8.55. The number of sulfone groups is 1. The van der Waals surface area contributed by atoms with Crippen LogP contribution < -0.4 is 0 Å². The highest BCUT2D eigenvalue weighted by atomic mass is 32.2. The number of benzene rings is 2. The monoisotopic (exact) mass is 530 g/mol. The third-order valence-electron chi connectivity index (χ3n) is 7.19. The molecular weight excluding hydrogens is 480 g/mol. The minimum absolute atomic E-state index is 0.147. The Kier molecular flexibility index (Phi) is 13.5. The molecule has 2 aromatic carbocycles. The molecule has 0 spiro atoms. The summed E-state index contributed by atoms with van der Waals surface area (Å²) in [6, 6.07) is 6.67. The Balaban J connectivity index is 2.76. The van der Waals surface area contributed by atoms with Crippen LogP contribution in [0.4, 0.5) is 0 Å². The predicted molar refractivity (Wildman–Crippen MR) is 155 cm³/mol. The summed E-state index contributed by atoms with van der Waals surface area (Å²) in [6.07, 6.45) is 14.3. The van der Waals surface area contributed by atoms with Crippen molar-refractivity contribution in [3.63, 3.8) is 0 Å². The van der Waals surface area contributed by atoms with E-state index < -0.39 is 9.84 Å². The lowest BCUT2D eigenvalue weighted by Crippen LogP contribution is -2.15. The van der Waals surface area contributed by atoms with Gasteiger partial charge in [-0.15, -0.1) is 0 Å². The van der Waals surface area contributed by atoms with E-state index in [9.17, 15) is 18.6 Å². The van der Waals surface area contributed by atoms with E-state index >= 15 is 0 Å². The molecule has 2 N–H and O–H groups in total. The van der Waals surface area contributed by atoms with E-state index in [2.05, 4.69) is 27.7 Å². The first-order chi connectivity index (χ1) is 17.8. The van der Waals surface area contributed by atoms with Crippen LogP contribution in [-0.4, -0.2) is 18.6 Å². The molecule has 2 rings (SSSR count). The minimum Gasteiger partial charge on any atom is -0.508 e. The number of hydrogen-bond acceptors (Lipinski definition) is 4. The highest BCUT2D eigenvalue weighted by molar-refractivity contribution is 7.91. The average molecular weight is 531 g/mol. The number of unbranched alkanes of at least 4 members (excludes halogenated alkanes) is 8. The van der Waals surface area contributed by atoms with Gasteiger partial charge in [0.25, 0.3) is 0 Å². The Bertz CT molecular complexity index is 931. The van der Waals surface area contributed by atoms with Gasteiger partial charge in [-0.05, 0) is 97.9 Å². The zero-order chi connectivity index (χ0) is 27.3. The van der Waals surface area contributed by atoms with Gasteiger partial charge in [-0.3, -0.25) is 0 Å². The maximum absolute atomic E-state index is 14.7. The molecule has 0 saturated heterocycles. The normalized spacial score (nSPS) is 11.8. The quantitative estimate of drug-likeness (QED) is 0.189. The van der Waals surface area contributed by atoms with Crippen molar-refractivity contribution >= 4 is 9.84 Å². The summed E-state index contributed by atoms with van der Waals surface area (Å²) in [5, 5.41) is 21.1. The second-order valence-electron chi connectivity index (χ2n) is 10.5. The molecule has 0 bridgehead atoms. The fourth-order valence-electron chi connectivity index (χ4n) is 5.27. The smallest absolute Gasteiger partial charge is 0.207 e. The number of phenols is 2. The Hall–Kier alpha value is -2.01. The van der Waals surface area contributed by atoms with Crippen LogP contribution in [0.1, 0.15) is 127 Å². The van der Waals surface area contributed by atoms with Crippen molar-refractivity contribution < 1.29 is 18.6 Å². The number of hydrogen-bond donors (Lipinski definition) is 2. The lowest BCUT2D eigenvalue weighted by molar-refractivity contribution is 0.472. The standard InChI is InChI=1S/C32H50O4S/c1-5-9-13-17-25-21-29(33)22-26(18-14-10-6-2)31(25)37(35,36)32-27(19-15-11-7-3)23-30(34)24-28(32)20-16-12-8-4/h21-24,33-34H,5-20H2,1-4H3. The van der Waals surface area contributed by atoms with E-state index in [1.807, 2.05) is 0 Å². The first-order valence-corrected chi connectivity index (χ1v) is 16.2. The van der Waals surface area contributed by atoms with Gasteiger partial charge in [-0.25, -0.2) is 8.42 Å². The zero-order valence-corrected chi connectivity index (χ0v) is 24.6. The first kappa shape index (κ1) is 31.2. The van der Waals surface area contributed by atoms with Gasteiger partial charge in [0.2, 0.25) is 9.84 Å². The maximum Gasteiger partial charge on any atom is 0.207 e. The van der Waals surface area contributed by atoms with Crippen LogP contribution in [0.25, 0.3) is 0 Å². The van der Waals surface area contributed by atoms with Crippen molar-refractivity contribution in [3.05, 3.63) is 46.5 Å². The van der Waals surface area contributed by atoms with Crippen LogP contribution in [0, 0.1) is 0 Å². The lowest BCUT2D eigenvalue weighted by Gasteiger charge is -2.21. The van der Waals surface area contributed by atoms with E-state index in [-0.39, 0.29) is 11.5 Å². The van der Waals surface area contributed by atoms with Gasteiger partial charge >= 0.3 is 0 Å². The Morgan fingerprint density at radius 3 is 0.946 bits per heavy atom. The molecule has 2 aromatic rings. The molecule has 0 fully saturated rings. The molecule has 0 aliphatic heterocycles. The minimum atomic E-state index is -3.87. The largest absolute Gasteiger partial charge is 0.508 e. The molecule has 208 valence electrons. The van der Waals surface area contributed by atoms with Crippen molar-refractivity contribution in [2.75, 3.05) is 0 Å². The number of aromatic hydroxyl groups is 2. The zero-order valence-electron chi connectivity index (χ0n) is 23.7. The third-order valence-corrected chi connectivity index (χ3v) is 9.31. The molecule has 0 unspecified atom stereocenters. The van der Waals surface area contributed by atoms with Crippen LogP contribution >= 0.6 is 0 Å². The molecule has 0 radical (unpaired) electrons. The van der Waals surface area contributed by atoms with Gasteiger partial charge in [0.15, 0.2) is 0 Å². The molecular formula is C32H50O4S. The fourth-order valence-corrected chi connectivity index (χ4v) is 7.50. The van der Waals surface area contributed by atoms with Gasteiger partial charge < -0.3 is 10.2 Å². The molecule has 0 atom stereocenters. The maximum atomic E-state index is 14.7. The molecule has 0 aromatic heterocycles. The van der Waals surface area contributed by atoms with E-state index in [1.54, 1.807) is 24.3 Å². The fraction of sp³-hybridized carbons (Fsp3) is 0.625. The topological polar surface area (TPSA) is 74.6 Å². The molecule has 0 aliphatic rings. The van der Waals surface area contributed by atoms with Gasteiger partial charge in [0.05, 0.1) is 9.79 Å². The Labute approximate surface area is 226 Å². The molecule has 0 saturated carbocycles. The summed E-state index contributed by atoms with van der Waals surface area (Å²) in [7, 11) is -3.87. The van der Waals surface area contributed by atoms with Crippen molar-refractivity contribution in [3.8, 4) is 11.5 Å². The third kappa shape index (κ3) is 9.05. The summed E-state index contributed by atoms with van der Waals surface area (Å²) in [5.41, 5.74) is 2.91. The number of rotatable bonds is 18. The van der Waals surface area contributed by atoms with Gasteiger partial charge in [0.1, 0.15) is 11.5 Å². The Morgan fingerprint density at radius 1 is 0.486 bits per heavy atom. The molecule has 0 heterocycles. The van der Waals surface area contributed by atoms with Gasteiger partial charge in [0, 0.05) is 0 Å². The van der Waals surface area contributed by atoms with Crippen molar-refractivity contribution in [2.24, 2.45) is 0 Å². The molecule has 0 amide bonds.